The molecule has 1 fully saturated rings. The summed E-state index contributed by atoms with van der Waals surface area (Å²) in [6, 6.07) is 6.56. The number of likely N-dealkylation sites (tertiary alicyclic amines) is 1. The maximum absolute atomic E-state index is 13.6. The van der Waals surface area contributed by atoms with E-state index in [1.807, 2.05) is 0 Å². The molecule has 2 aromatic rings. The predicted octanol–water partition coefficient (Wildman–Crippen LogP) is 0.928. The van der Waals surface area contributed by atoms with E-state index in [1.54, 1.807) is 24.3 Å². The first-order valence-electron chi connectivity index (χ1n) is 9.92. The Morgan fingerprint density at radius 3 is 2.70 bits per heavy atom. The molecule has 0 bridgehead atoms. The summed E-state index contributed by atoms with van der Waals surface area (Å²) in [5, 5.41) is 14.4. The monoisotopic (exact) mass is 458 g/mol. The van der Waals surface area contributed by atoms with Gasteiger partial charge in [0.25, 0.3) is 11.8 Å². The van der Waals surface area contributed by atoms with E-state index in [4.69, 9.17) is 11.0 Å². The summed E-state index contributed by atoms with van der Waals surface area (Å²) in [6.07, 6.45) is 0.353. The SMILES string of the molecule is N#CC1CC(F)(F)CN1C(=O)CNC(=O)c1ccnc2c(NC(=O)CCC(N)=O)cccc12. The highest BCUT2D eigenvalue weighted by Crippen LogP contribution is 2.31. The molecule has 12 heteroatoms. The minimum Gasteiger partial charge on any atom is -0.370 e. The van der Waals surface area contributed by atoms with Crippen molar-refractivity contribution >= 4 is 40.2 Å². The summed E-state index contributed by atoms with van der Waals surface area (Å²) >= 11 is 0. The lowest BCUT2D eigenvalue weighted by atomic mass is 10.1. The van der Waals surface area contributed by atoms with Crippen molar-refractivity contribution in [1.82, 2.24) is 15.2 Å². The number of alkyl halides is 2. The average molecular weight is 458 g/mol. The number of fused-ring (bicyclic) bond motifs is 1. The fourth-order valence-corrected chi connectivity index (χ4v) is 3.47. The number of nitrogens with one attached hydrogen (secondary N) is 2. The van der Waals surface area contributed by atoms with E-state index < -0.39 is 55.1 Å². The molecule has 0 radical (unpaired) electrons. The second kappa shape index (κ2) is 9.56. The molecule has 1 aliphatic rings. The molecule has 0 aliphatic carbocycles. The van der Waals surface area contributed by atoms with Crippen molar-refractivity contribution in [2.24, 2.45) is 5.73 Å². The Morgan fingerprint density at radius 1 is 1.24 bits per heavy atom. The van der Waals surface area contributed by atoms with Gasteiger partial charge in [-0.3, -0.25) is 24.2 Å². The van der Waals surface area contributed by atoms with Crippen molar-refractivity contribution < 1.29 is 28.0 Å². The second-order valence-corrected chi connectivity index (χ2v) is 7.48. The first kappa shape index (κ1) is 23.5. The van der Waals surface area contributed by atoms with E-state index in [9.17, 15) is 28.0 Å². The van der Waals surface area contributed by atoms with Crippen molar-refractivity contribution in [3.8, 4) is 6.07 Å². The second-order valence-electron chi connectivity index (χ2n) is 7.48. The highest BCUT2D eigenvalue weighted by atomic mass is 19.3. The van der Waals surface area contributed by atoms with Crippen LogP contribution in [0.3, 0.4) is 0 Å². The van der Waals surface area contributed by atoms with Gasteiger partial charge in [-0.1, -0.05) is 12.1 Å². The smallest absolute Gasteiger partial charge is 0.268 e. The zero-order chi connectivity index (χ0) is 24.2. The number of nitrogens with zero attached hydrogens (tertiary/aromatic N) is 3. The van der Waals surface area contributed by atoms with Crippen molar-refractivity contribution in [2.75, 3.05) is 18.4 Å². The summed E-state index contributed by atoms with van der Waals surface area (Å²) < 4.78 is 27.1. The van der Waals surface area contributed by atoms with Crippen molar-refractivity contribution in [3.63, 3.8) is 0 Å². The fourth-order valence-electron chi connectivity index (χ4n) is 3.47. The third-order valence-electron chi connectivity index (χ3n) is 5.03. The molecule has 2 heterocycles. The molecule has 0 saturated carbocycles. The van der Waals surface area contributed by atoms with Crippen LogP contribution in [0.4, 0.5) is 14.5 Å². The van der Waals surface area contributed by atoms with Crippen molar-refractivity contribution in [3.05, 3.63) is 36.0 Å². The standard InChI is InChI=1S/C21H20F2N6O4/c22-21(23)8-12(9-24)29(11-21)18(32)10-27-20(33)14-6-7-26-19-13(14)2-1-3-15(19)28-17(31)5-4-16(25)30/h1-3,6-7,12H,4-5,8,10-11H2,(H2,25,30)(H,27,33)(H,28,31). The molecule has 172 valence electrons. The Bertz CT molecular complexity index is 1160. The van der Waals surface area contributed by atoms with Gasteiger partial charge in [0.1, 0.15) is 6.04 Å². The third-order valence-corrected chi connectivity index (χ3v) is 5.03. The summed E-state index contributed by atoms with van der Waals surface area (Å²) in [5.41, 5.74) is 5.79. The Morgan fingerprint density at radius 2 is 2.00 bits per heavy atom. The van der Waals surface area contributed by atoms with Crippen LogP contribution in [0.2, 0.25) is 0 Å². The molecule has 4 N–H and O–H groups in total. The van der Waals surface area contributed by atoms with Crippen LogP contribution in [0.5, 0.6) is 0 Å². The van der Waals surface area contributed by atoms with Gasteiger partial charge in [0, 0.05) is 30.8 Å². The summed E-state index contributed by atoms with van der Waals surface area (Å²) in [6.45, 7) is -1.45. The largest absolute Gasteiger partial charge is 0.370 e. The van der Waals surface area contributed by atoms with Crippen molar-refractivity contribution in [1.29, 1.82) is 5.26 Å². The Labute approximate surface area is 186 Å². The molecule has 10 nitrogen and oxygen atoms in total. The van der Waals surface area contributed by atoms with Gasteiger partial charge >= 0.3 is 0 Å². The van der Waals surface area contributed by atoms with Crippen LogP contribution < -0.4 is 16.4 Å². The molecule has 1 unspecified atom stereocenters. The molecule has 1 saturated heterocycles. The fraction of sp³-hybridized carbons (Fsp3) is 0.333. The molecule has 1 aromatic heterocycles. The van der Waals surface area contributed by atoms with Gasteiger partial charge in [0.05, 0.1) is 35.9 Å². The van der Waals surface area contributed by atoms with Gasteiger partial charge in [-0.15, -0.1) is 0 Å². The Kier molecular flexibility index (Phi) is 6.81. The maximum atomic E-state index is 13.6. The number of hydrogen-bond donors (Lipinski definition) is 3. The quantitative estimate of drug-likeness (QED) is 0.560. The van der Waals surface area contributed by atoms with E-state index in [1.165, 1.54) is 12.3 Å². The van der Waals surface area contributed by atoms with E-state index in [2.05, 4.69) is 15.6 Å². The van der Waals surface area contributed by atoms with Gasteiger partial charge in [-0.05, 0) is 12.1 Å². The van der Waals surface area contributed by atoms with Crippen LogP contribution in [0.1, 0.15) is 29.6 Å². The first-order valence-corrected chi connectivity index (χ1v) is 9.92. The molecule has 4 amide bonds. The van der Waals surface area contributed by atoms with Crippen LogP contribution in [0.25, 0.3) is 10.9 Å². The minimum atomic E-state index is -3.15. The zero-order valence-corrected chi connectivity index (χ0v) is 17.3. The van der Waals surface area contributed by atoms with Gasteiger partial charge < -0.3 is 21.3 Å². The molecule has 1 aliphatic heterocycles. The summed E-state index contributed by atoms with van der Waals surface area (Å²) in [7, 11) is 0. The average Bonchev–Trinajstić information content (AvgIpc) is 3.10. The number of carbonyl (C=O) groups is 4. The molecule has 1 atom stereocenters. The Balaban J connectivity index is 1.73. The van der Waals surface area contributed by atoms with Crippen LogP contribution in [0, 0.1) is 11.3 Å². The van der Waals surface area contributed by atoms with Crippen LogP contribution in [0.15, 0.2) is 30.5 Å². The number of pyridine rings is 1. The minimum absolute atomic E-state index is 0.118. The van der Waals surface area contributed by atoms with E-state index in [-0.39, 0.29) is 18.4 Å². The molecule has 3 rings (SSSR count). The van der Waals surface area contributed by atoms with Gasteiger partial charge in [-0.2, -0.15) is 5.26 Å². The lowest BCUT2D eigenvalue weighted by Crippen LogP contribution is -2.43. The van der Waals surface area contributed by atoms with Crippen molar-refractivity contribution in [2.45, 2.75) is 31.2 Å². The lowest BCUT2D eigenvalue weighted by Gasteiger charge is -2.19. The molecular weight excluding hydrogens is 438 g/mol. The number of rotatable bonds is 7. The number of nitriles is 1. The van der Waals surface area contributed by atoms with Gasteiger partial charge in [0.15, 0.2) is 0 Å². The summed E-state index contributed by atoms with van der Waals surface area (Å²) in [4.78, 5) is 52.9. The molecular formula is C21H20F2N6O4. The lowest BCUT2D eigenvalue weighted by molar-refractivity contribution is -0.131. The zero-order valence-electron chi connectivity index (χ0n) is 17.3. The van der Waals surface area contributed by atoms with E-state index in [0.717, 1.165) is 4.90 Å². The van der Waals surface area contributed by atoms with Crippen LogP contribution in [-0.4, -0.2) is 58.6 Å². The predicted molar refractivity (Wildman–Crippen MR) is 112 cm³/mol. The highest BCUT2D eigenvalue weighted by molar-refractivity contribution is 6.10. The van der Waals surface area contributed by atoms with Gasteiger partial charge in [-0.25, -0.2) is 8.78 Å². The number of primary amides is 1. The van der Waals surface area contributed by atoms with Crippen LogP contribution in [-0.2, 0) is 14.4 Å². The van der Waals surface area contributed by atoms with Gasteiger partial charge in [0.2, 0.25) is 17.7 Å². The number of hydrogen-bond acceptors (Lipinski definition) is 6. The molecule has 0 spiro atoms. The molecule has 33 heavy (non-hydrogen) atoms. The highest BCUT2D eigenvalue weighted by Gasteiger charge is 2.47. The number of amides is 4. The van der Waals surface area contributed by atoms with Crippen LogP contribution >= 0.6 is 0 Å². The molecule has 1 aromatic carbocycles. The normalized spacial score (nSPS) is 16.8. The number of halogens is 2. The number of benzene rings is 1. The number of carbonyl (C=O) groups excluding carboxylic acids is 4. The topological polar surface area (TPSA) is 158 Å². The number of aromatic nitrogens is 1. The number of nitrogens with two attached hydrogens (primary N) is 1. The number of anilines is 1. The maximum Gasteiger partial charge on any atom is 0.268 e. The third kappa shape index (κ3) is 5.57. The Hall–Kier alpha value is -4.14. The first-order chi connectivity index (χ1) is 15.6. The number of para-hydroxylation sites is 1. The summed E-state index contributed by atoms with van der Waals surface area (Å²) in [5.74, 6) is -5.69. The van der Waals surface area contributed by atoms with E-state index in [0.29, 0.717) is 16.6 Å². The van der Waals surface area contributed by atoms with E-state index >= 15 is 0 Å².